The Morgan fingerprint density at radius 2 is 2.25 bits per heavy atom. The largest absolute Gasteiger partial charge is 0.350 e. The first-order valence-corrected chi connectivity index (χ1v) is 9.99. The van der Waals surface area contributed by atoms with Crippen LogP contribution >= 0.6 is 39.0 Å². The number of aromatic nitrogens is 2. The van der Waals surface area contributed by atoms with Gasteiger partial charge in [-0.3, -0.25) is 14.0 Å². The smallest absolute Gasteiger partial charge is 0.258 e. The van der Waals surface area contributed by atoms with Gasteiger partial charge in [-0.25, -0.2) is 4.98 Å². The van der Waals surface area contributed by atoms with E-state index in [1.165, 1.54) is 22.2 Å². The predicted octanol–water partition coefficient (Wildman–Crippen LogP) is 3.07. The third-order valence-corrected chi connectivity index (χ3v) is 5.51. The van der Waals surface area contributed by atoms with E-state index in [1.807, 2.05) is 23.6 Å². The minimum Gasteiger partial charge on any atom is -0.350 e. The first-order valence-electron chi connectivity index (χ1n) is 7.16. The first kappa shape index (κ1) is 17.2. The molecular weight excluding hydrogens is 410 g/mol. The number of halogens is 1. The van der Waals surface area contributed by atoms with E-state index in [9.17, 15) is 9.59 Å². The minimum absolute atomic E-state index is 0.0187. The van der Waals surface area contributed by atoms with E-state index in [0.717, 1.165) is 9.35 Å². The number of nitrogens with one attached hydrogen (secondary N) is 1. The molecule has 0 saturated carbocycles. The Hall–Kier alpha value is -1.64. The van der Waals surface area contributed by atoms with Gasteiger partial charge in [0.05, 0.1) is 18.0 Å². The van der Waals surface area contributed by atoms with Crippen LogP contribution < -0.4 is 10.9 Å². The van der Waals surface area contributed by atoms with Gasteiger partial charge in [0.25, 0.3) is 5.56 Å². The molecule has 124 valence electrons. The highest BCUT2D eigenvalue weighted by Gasteiger charge is 2.06. The highest BCUT2D eigenvalue weighted by atomic mass is 79.9. The maximum atomic E-state index is 12.1. The lowest BCUT2D eigenvalue weighted by Crippen LogP contribution is -2.24. The van der Waals surface area contributed by atoms with E-state index in [-0.39, 0.29) is 11.5 Å². The standard InChI is InChI=1S/C16H14BrN3O2S2/c17-11-3-4-14-19-12(6-16(22)20(14)8-11)9-23-10-15(21)18-7-13-2-1-5-24-13/h1-6,8H,7,9-10H2,(H,18,21). The number of hydrogen-bond donors (Lipinski definition) is 1. The van der Waals surface area contributed by atoms with Crippen molar-refractivity contribution in [2.75, 3.05) is 5.75 Å². The van der Waals surface area contributed by atoms with Gasteiger partial charge in [-0.2, -0.15) is 0 Å². The molecule has 0 aliphatic heterocycles. The predicted molar refractivity (Wildman–Crippen MR) is 101 cm³/mol. The van der Waals surface area contributed by atoms with Crippen LogP contribution in [0.5, 0.6) is 0 Å². The minimum atomic E-state index is -0.126. The van der Waals surface area contributed by atoms with E-state index < -0.39 is 0 Å². The van der Waals surface area contributed by atoms with Gasteiger partial charge in [0.1, 0.15) is 5.65 Å². The molecule has 0 aliphatic rings. The number of nitrogens with zero attached hydrogens (tertiary/aromatic N) is 2. The van der Waals surface area contributed by atoms with Crippen LogP contribution in [-0.4, -0.2) is 21.0 Å². The zero-order valence-corrected chi connectivity index (χ0v) is 15.8. The molecule has 0 atom stereocenters. The molecule has 8 heteroatoms. The average Bonchev–Trinajstić information content (AvgIpc) is 3.07. The quantitative estimate of drug-likeness (QED) is 0.661. The normalized spacial score (nSPS) is 10.9. The third kappa shape index (κ3) is 4.46. The van der Waals surface area contributed by atoms with E-state index in [1.54, 1.807) is 23.6 Å². The summed E-state index contributed by atoms with van der Waals surface area (Å²) in [5.41, 5.74) is 1.15. The van der Waals surface area contributed by atoms with Crippen LogP contribution in [0.3, 0.4) is 0 Å². The number of amides is 1. The van der Waals surface area contributed by atoms with Crippen LogP contribution in [0.25, 0.3) is 5.65 Å². The second-order valence-electron chi connectivity index (χ2n) is 5.01. The van der Waals surface area contributed by atoms with Gasteiger partial charge in [0, 0.05) is 27.4 Å². The number of carbonyl (C=O) groups is 1. The fourth-order valence-corrected chi connectivity index (χ4v) is 3.83. The van der Waals surface area contributed by atoms with Crippen molar-refractivity contribution < 1.29 is 4.79 Å². The van der Waals surface area contributed by atoms with Crippen LogP contribution in [0.15, 0.2) is 51.2 Å². The van der Waals surface area contributed by atoms with Crippen LogP contribution in [0, 0.1) is 0 Å². The second-order valence-corrected chi connectivity index (χ2v) is 7.94. The summed E-state index contributed by atoms with van der Waals surface area (Å²) in [6.45, 7) is 0.557. The molecule has 0 bridgehead atoms. The number of thiophene rings is 1. The molecule has 3 aromatic heterocycles. The van der Waals surface area contributed by atoms with Crippen LogP contribution in [0.2, 0.25) is 0 Å². The zero-order chi connectivity index (χ0) is 16.9. The molecule has 3 rings (SSSR count). The van der Waals surface area contributed by atoms with E-state index in [4.69, 9.17) is 0 Å². The fourth-order valence-electron chi connectivity index (χ4n) is 2.10. The number of rotatable bonds is 6. The number of carbonyl (C=O) groups excluding carboxylic acids is 1. The lowest BCUT2D eigenvalue weighted by Gasteiger charge is -2.05. The molecule has 1 amide bonds. The third-order valence-electron chi connectivity index (χ3n) is 3.20. The van der Waals surface area contributed by atoms with Gasteiger partial charge in [0.2, 0.25) is 5.91 Å². The molecule has 3 aromatic rings. The van der Waals surface area contributed by atoms with Crippen molar-refractivity contribution in [3.8, 4) is 0 Å². The average molecular weight is 424 g/mol. The van der Waals surface area contributed by atoms with E-state index >= 15 is 0 Å². The molecule has 0 spiro atoms. The number of pyridine rings is 1. The summed E-state index contributed by atoms with van der Waals surface area (Å²) in [6.07, 6.45) is 1.69. The lowest BCUT2D eigenvalue weighted by atomic mass is 10.4. The second kappa shape index (κ2) is 7.96. The van der Waals surface area contributed by atoms with Crippen molar-refractivity contribution in [3.63, 3.8) is 0 Å². The Morgan fingerprint density at radius 3 is 3.04 bits per heavy atom. The Labute approximate surface area is 155 Å². The van der Waals surface area contributed by atoms with E-state index in [2.05, 4.69) is 26.2 Å². The summed E-state index contributed by atoms with van der Waals surface area (Å²) in [5, 5.41) is 4.86. The number of hydrogen-bond acceptors (Lipinski definition) is 5. The van der Waals surface area contributed by atoms with Crippen LogP contribution in [0.4, 0.5) is 0 Å². The Kier molecular flexibility index (Phi) is 5.70. The van der Waals surface area contributed by atoms with Gasteiger partial charge in [-0.1, -0.05) is 6.07 Å². The van der Waals surface area contributed by atoms with Crippen molar-refractivity contribution in [2.45, 2.75) is 12.3 Å². The molecule has 0 radical (unpaired) electrons. The molecule has 0 aliphatic carbocycles. The number of fused-ring (bicyclic) bond motifs is 1. The van der Waals surface area contributed by atoms with Crippen LogP contribution in [0.1, 0.15) is 10.6 Å². The molecule has 0 aromatic carbocycles. The molecule has 24 heavy (non-hydrogen) atoms. The van der Waals surface area contributed by atoms with Crippen molar-refractivity contribution in [2.24, 2.45) is 0 Å². The number of thioether (sulfide) groups is 1. The van der Waals surface area contributed by atoms with Gasteiger partial charge < -0.3 is 5.32 Å². The highest BCUT2D eigenvalue weighted by Crippen LogP contribution is 2.13. The van der Waals surface area contributed by atoms with Crippen molar-refractivity contribution in [3.05, 3.63) is 67.3 Å². The van der Waals surface area contributed by atoms with Gasteiger partial charge >= 0.3 is 0 Å². The van der Waals surface area contributed by atoms with Gasteiger partial charge in [-0.15, -0.1) is 23.1 Å². The van der Waals surface area contributed by atoms with Crippen molar-refractivity contribution in [1.82, 2.24) is 14.7 Å². The fraction of sp³-hybridized carbons (Fsp3) is 0.188. The van der Waals surface area contributed by atoms with Gasteiger partial charge in [-0.05, 0) is 39.5 Å². The summed E-state index contributed by atoms with van der Waals surface area (Å²) in [6, 6.07) is 9.09. The van der Waals surface area contributed by atoms with Crippen molar-refractivity contribution in [1.29, 1.82) is 0 Å². The molecule has 0 unspecified atom stereocenters. The molecule has 3 heterocycles. The lowest BCUT2D eigenvalue weighted by molar-refractivity contribution is -0.118. The Bertz CT molecular complexity index is 909. The summed E-state index contributed by atoms with van der Waals surface area (Å²) in [7, 11) is 0. The zero-order valence-electron chi connectivity index (χ0n) is 12.6. The summed E-state index contributed by atoms with van der Waals surface area (Å²) < 4.78 is 2.31. The molecule has 5 nitrogen and oxygen atoms in total. The van der Waals surface area contributed by atoms with E-state index in [0.29, 0.717) is 29.4 Å². The summed E-state index contributed by atoms with van der Waals surface area (Å²) in [4.78, 5) is 29.5. The monoisotopic (exact) mass is 423 g/mol. The Morgan fingerprint density at radius 1 is 1.38 bits per heavy atom. The molecular formula is C16H14BrN3O2S2. The maximum Gasteiger partial charge on any atom is 0.258 e. The van der Waals surface area contributed by atoms with Crippen LogP contribution in [-0.2, 0) is 17.1 Å². The topological polar surface area (TPSA) is 63.5 Å². The highest BCUT2D eigenvalue weighted by molar-refractivity contribution is 9.10. The molecule has 0 fully saturated rings. The maximum absolute atomic E-state index is 12.1. The summed E-state index contributed by atoms with van der Waals surface area (Å²) >= 11 is 6.40. The first-order chi connectivity index (χ1) is 11.6. The Balaban J connectivity index is 1.55. The van der Waals surface area contributed by atoms with Crippen molar-refractivity contribution >= 4 is 50.6 Å². The SMILES string of the molecule is O=C(CSCc1cc(=O)n2cc(Br)ccc2n1)NCc1cccs1. The molecule has 0 saturated heterocycles. The van der Waals surface area contributed by atoms with Gasteiger partial charge in [0.15, 0.2) is 0 Å². The molecule has 1 N–H and O–H groups in total. The summed E-state index contributed by atoms with van der Waals surface area (Å²) in [5.74, 6) is 0.843.